The van der Waals surface area contributed by atoms with Crippen LogP contribution in [0, 0.1) is 5.41 Å². The quantitative estimate of drug-likeness (QED) is 0.617. The maximum absolute atomic E-state index is 7.47. The van der Waals surface area contributed by atoms with Crippen molar-refractivity contribution in [3.05, 3.63) is 42.1 Å². The van der Waals surface area contributed by atoms with Crippen LogP contribution in [-0.2, 0) is 5.75 Å². The molecule has 0 aliphatic carbocycles. The molecule has 0 aliphatic rings. The highest BCUT2D eigenvalue weighted by Crippen LogP contribution is 2.15. The number of para-hydroxylation sites is 1. The lowest BCUT2D eigenvalue weighted by Crippen LogP contribution is -2.12. The van der Waals surface area contributed by atoms with Crippen LogP contribution in [0.4, 0.5) is 0 Å². The molecule has 0 aliphatic heterocycles. The Labute approximate surface area is 98.8 Å². The lowest BCUT2D eigenvalue weighted by molar-refractivity contribution is 1.17. The third-order valence-electron chi connectivity index (χ3n) is 2.25. The number of nitrogens with one attached hydrogen (secondary N) is 2. The van der Waals surface area contributed by atoms with E-state index in [1.54, 1.807) is 7.05 Å². The molecule has 0 unspecified atom stereocenters. The lowest BCUT2D eigenvalue weighted by Gasteiger charge is -2.03. The summed E-state index contributed by atoms with van der Waals surface area (Å²) in [5, 5.41) is 11.9. The largest absolute Gasteiger partial charge is 0.368 e. The van der Waals surface area contributed by atoms with E-state index in [0.29, 0.717) is 5.17 Å². The lowest BCUT2D eigenvalue weighted by atomic mass is 10.2. The summed E-state index contributed by atoms with van der Waals surface area (Å²) in [6.45, 7) is 0. The van der Waals surface area contributed by atoms with Crippen molar-refractivity contribution >= 4 is 27.8 Å². The third-order valence-corrected chi connectivity index (χ3v) is 3.18. The molecule has 0 amide bonds. The van der Waals surface area contributed by atoms with Gasteiger partial charge in [0, 0.05) is 18.2 Å². The van der Waals surface area contributed by atoms with E-state index in [1.165, 1.54) is 11.8 Å². The van der Waals surface area contributed by atoms with Crippen LogP contribution in [0.25, 0.3) is 10.9 Å². The molecule has 3 nitrogen and oxygen atoms in total. The van der Waals surface area contributed by atoms with E-state index in [9.17, 15) is 0 Å². The Morgan fingerprint density at radius 2 is 2.12 bits per heavy atom. The van der Waals surface area contributed by atoms with Crippen LogP contribution >= 0.6 is 11.8 Å². The van der Waals surface area contributed by atoms with Gasteiger partial charge in [0.25, 0.3) is 0 Å². The first-order valence-corrected chi connectivity index (χ1v) is 6.02. The zero-order valence-corrected chi connectivity index (χ0v) is 9.84. The van der Waals surface area contributed by atoms with Crippen molar-refractivity contribution < 1.29 is 0 Å². The summed E-state index contributed by atoms with van der Waals surface area (Å²) in [6.07, 6.45) is 0. The van der Waals surface area contributed by atoms with Crippen LogP contribution in [-0.4, -0.2) is 17.2 Å². The Morgan fingerprint density at radius 3 is 2.94 bits per heavy atom. The molecule has 0 radical (unpaired) electrons. The fraction of sp³-hybridized carbons (Fsp3) is 0.167. The van der Waals surface area contributed by atoms with Gasteiger partial charge >= 0.3 is 0 Å². The minimum Gasteiger partial charge on any atom is -0.368 e. The molecule has 82 valence electrons. The first-order valence-electron chi connectivity index (χ1n) is 5.03. The first kappa shape index (κ1) is 11.0. The average molecular weight is 231 g/mol. The molecule has 2 aromatic rings. The minimum absolute atomic E-state index is 0.468. The maximum Gasteiger partial charge on any atom is 0.153 e. The van der Waals surface area contributed by atoms with Gasteiger partial charge in [-0.15, -0.1) is 0 Å². The summed E-state index contributed by atoms with van der Waals surface area (Å²) < 4.78 is 0. The summed E-state index contributed by atoms with van der Waals surface area (Å²) in [5.41, 5.74) is 2.01. The number of hydrogen-bond donors (Lipinski definition) is 2. The summed E-state index contributed by atoms with van der Waals surface area (Å²) in [6, 6.07) is 12.1. The van der Waals surface area contributed by atoms with Crippen molar-refractivity contribution in [2.24, 2.45) is 0 Å². The fourth-order valence-corrected chi connectivity index (χ4v) is 2.00. The minimum atomic E-state index is 0.468. The van der Waals surface area contributed by atoms with Gasteiger partial charge in [0.1, 0.15) is 0 Å². The van der Waals surface area contributed by atoms with Gasteiger partial charge in [-0.25, -0.2) is 0 Å². The van der Waals surface area contributed by atoms with E-state index < -0.39 is 0 Å². The Kier molecular flexibility index (Phi) is 3.41. The van der Waals surface area contributed by atoms with Crippen molar-refractivity contribution in [2.45, 2.75) is 5.75 Å². The zero-order chi connectivity index (χ0) is 11.4. The summed E-state index contributed by atoms with van der Waals surface area (Å²) in [7, 11) is 1.75. The smallest absolute Gasteiger partial charge is 0.153 e. The molecule has 1 heterocycles. The second-order valence-corrected chi connectivity index (χ2v) is 4.35. The normalized spacial score (nSPS) is 10.3. The number of amidine groups is 1. The van der Waals surface area contributed by atoms with E-state index in [-0.39, 0.29) is 0 Å². The number of thioether (sulfide) groups is 1. The van der Waals surface area contributed by atoms with Crippen molar-refractivity contribution in [1.82, 2.24) is 10.3 Å². The molecule has 16 heavy (non-hydrogen) atoms. The maximum atomic E-state index is 7.47. The van der Waals surface area contributed by atoms with Gasteiger partial charge in [-0.3, -0.25) is 10.4 Å². The molecule has 0 saturated carbocycles. The first-order chi connectivity index (χ1) is 7.79. The summed E-state index contributed by atoms with van der Waals surface area (Å²) in [5.74, 6) is 0.727. The van der Waals surface area contributed by atoms with Crippen LogP contribution in [0.15, 0.2) is 36.4 Å². The van der Waals surface area contributed by atoms with Crippen LogP contribution in [0.1, 0.15) is 5.69 Å². The molecular weight excluding hydrogens is 218 g/mol. The molecule has 0 atom stereocenters. The number of pyridine rings is 1. The number of benzene rings is 1. The highest BCUT2D eigenvalue weighted by molar-refractivity contribution is 8.13. The highest BCUT2D eigenvalue weighted by atomic mass is 32.2. The Balaban J connectivity index is 2.16. The standard InChI is InChI=1S/C12H13N3S/c1-14-12(13)16-8-10-7-6-9-4-2-3-5-11(9)15-10/h2-7H,8H2,1H3,(H2,13,14). The predicted molar refractivity (Wildman–Crippen MR) is 69.8 cm³/mol. The highest BCUT2D eigenvalue weighted by Gasteiger charge is 2.00. The molecule has 0 fully saturated rings. The van der Waals surface area contributed by atoms with Gasteiger partial charge < -0.3 is 5.32 Å². The molecular formula is C12H13N3S. The number of rotatable bonds is 2. The van der Waals surface area contributed by atoms with Gasteiger partial charge in [0.05, 0.1) is 11.2 Å². The van der Waals surface area contributed by atoms with Gasteiger partial charge in [0.15, 0.2) is 5.17 Å². The van der Waals surface area contributed by atoms with Crippen molar-refractivity contribution in [2.75, 3.05) is 7.05 Å². The SMILES string of the molecule is CNC(=N)SCc1ccc2ccccc2n1. The van der Waals surface area contributed by atoms with E-state index in [2.05, 4.69) is 22.4 Å². The number of fused-ring (bicyclic) bond motifs is 1. The van der Waals surface area contributed by atoms with Gasteiger partial charge in [-0.2, -0.15) is 0 Å². The van der Waals surface area contributed by atoms with Crippen LogP contribution in [0.5, 0.6) is 0 Å². The molecule has 1 aromatic heterocycles. The average Bonchev–Trinajstić information content (AvgIpc) is 2.35. The molecule has 0 saturated heterocycles. The molecule has 1 aromatic carbocycles. The summed E-state index contributed by atoms with van der Waals surface area (Å²) in [4.78, 5) is 4.54. The second kappa shape index (κ2) is 4.99. The van der Waals surface area contributed by atoms with Crippen molar-refractivity contribution in [3.63, 3.8) is 0 Å². The van der Waals surface area contributed by atoms with E-state index >= 15 is 0 Å². The van der Waals surface area contributed by atoms with E-state index in [4.69, 9.17) is 5.41 Å². The van der Waals surface area contributed by atoms with E-state index in [0.717, 1.165) is 22.3 Å². The molecule has 0 spiro atoms. The zero-order valence-electron chi connectivity index (χ0n) is 9.03. The second-order valence-electron chi connectivity index (χ2n) is 3.36. The van der Waals surface area contributed by atoms with Crippen LogP contribution in [0.3, 0.4) is 0 Å². The Hall–Kier alpha value is -1.55. The monoisotopic (exact) mass is 231 g/mol. The van der Waals surface area contributed by atoms with Crippen molar-refractivity contribution in [1.29, 1.82) is 5.41 Å². The molecule has 2 N–H and O–H groups in total. The topological polar surface area (TPSA) is 48.8 Å². The number of hydrogen-bond acceptors (Lipinski definition) is 3. The van der Waals surface area contributed by atoms with E-state index in [1.807, 2.05) is 24.3 Å². The van der Waals surface area contributed by atoms with Gasteiger partial charge in [-0.05, 0) is 12.1 Å². The summed E-state index contributed by atoms with van der Waals surface area (Å²) >= 11 is 1.45. The van der Waals surface area contributed by atoms with Crippen LogP contribution < -0.4 is 5.32 Å². The van der Waals surface area contributed by atoms with Crippen molar-refractivity contribution in [3.8, 4) is 0 Å². The fourth-order valence-electron chi connectivity index (χ4n) is 1.41. The van der Waals surface area contributed by atoms with Crippen LogP contribution in [0.2, 0.25) is 0 Å². The Morgan fingerprint density at radius 1 is 1.31 bits per heavy atom. The number of aromatic nitrogens is 1. The van der Waals surface area contributed by atoms with Gasteiger partial charge in [-0.1, -0.05) is 36.0 Å². The Bertz CT molecular complexity index is 510. The predicted octanol–water partition coefficient (Wildman–Crippen LogP) is 2.62. The molecule has 4 heteroatoms. The molecule has 2 rings (SSSR count). The molecule has 0 bridgehead atoms. The van der Waals surface area contributed by atoms with Gasteiger partial charge in [0.2, 0.25) is 0 Å². The number of nitrogens with zero attached hydrogens (tertiary/aromatic N) is 1. The third kappa shape index (κ3) is 2.52.